The third-order valence-corrected chi connectivity index (χ3v) is 2.61. The van der Waals surface area contributed by atoms with E-state index in [1.54, 1.807) is 0 Å². The summed E-state index contributed by atoms with van der Waals surface area (Å²) in [7, 11) is 0. The molecule has 0 bridgehead atoms. The van der Waals surface area contributed by atoms with Crippen LogP contribution in [0.2, 0.25) is 0 Å². The SMILES string of the molecule is O=C(O)CC1(Oc2cccc(F)c2F)CNC1. The molecule has 1 aromatic rings. The average molecular weight is 243 g/mol. The molecule has 92 valence electrons. The Kier molecular flexibility index (Phi) is 2.97. The number of aliphatic carboxylic acids is 1. The van der Waals surface area contributed by atoms with Crippen LogP contribution in [0.25, 0.3) is 0 Å². The first kappa shape index (κ1) is 11.8. The van der Waals surface area contributed by atoms with Gasteiger partial charge >= 0.3 is 5.97 Å². The van der Waals surface area contributed by atoms with E-state index in [2.05, 4.69) is 5.32 Å². The Morgan fingerprint density at radius 3 is 2.71 bits per heavy atom. The largest absolute Gasteiger partial charge is 0.481 e. The number of nitrogens with one attached hydrogen (secondary N) is 1. The summed E-state index contributed by atoms with van der Waals surface area (Å²) in [6.07, 6.45) is -0.254. The van der Waals surface area contributed by atoms with Crippen LogP contribution in [0.4, 0.5) is 8.78 Å². The minimum Gasteiger partial charge on any atom is -0.481 e. The summed E-state index contributed by atoms with van der Waals surface area (Å²) in [5.74, 6) is -3.40. The fourth-order valence-electron chi connectivity index (χ4n) is 1.71. The maximum absolute atomic E-state index is 13.4. The predicted octanol–water partition coefficient (Wildman–Crippen LogP) is 1.16. The second-order valence-corrected chi connectivity index (χ2v) is 4.01. The number of halogens is 2. The number of hydrogen-bond acceptors (Lipinski definition) is 3. The quantitative estimate of drug-likeness (QED) is 0.833. The molecule has 0 aliphatic carbocycles. The number of carboxylic acids is 1. The lowest BCUT2D eigenvalue weighted by molar-refractivity contribution is -0.143. The molecule has 1 heterocycles. The number of carboxylic acid groups (broad SMARTS) is 1. The predicted molar refractivity (Wildman–Crippen MR) is 54.8 cm³/mol. The molecule has 6 heteroatoms. The van der Waals surface area contributed by atoms with E-state index < -0.39 is 23.2 Å². The number of hydrogen-bond donors (Lipinski definition) is 2. The minimum absolute atomic E-state index is 0.254. The molecule has 17 heavy (non-hydrogen) atoms. The van der Waals surface area contributed by atoms with Crippen molar-refractivity contribution in [2.75, 3.05) is 13.1 Å². The molecule has 0 amide bonds. The fourth-order valence-corrected chi connectivity index (χ4v) is 1.71. The molecule has 1 aliphatic rings. The van der Waals surface area contributed by atoms with Gasteiger partial charge in [0.25, 0.3) is 0 Å². The van der Waals surface area contributed by atoms with Crippen molar-refractivity contribution in [1.82, 2.24) is 5.32 Å². The Morgan fingerprint density at radius 1 is 1.47 bits per heavy atom. The van der Waals surface area contributed by atoms with Crippen molar-refractivity contribution in [2.24, 2.45) is 0 Å². The van der Waals surface area contributed by atoms with Crippen LogP contribution < -0.4 is 10.1 Å². The first-order valence-corrected chi connectivity index (χ1v) is 5.08. The van der Waals surface area contributed by atoms with Crippen molar-refractivity contribution in [1.29, 1.82) is 0 Å². The molecule has 0 spiro atoms. The van der Waals surface area contributed by atoms with Crippen LogP contribution in [-0.2, 0) is 4.79 Å². The lowest BCUT2D eigenvalue weighted by Crippen LogP contribution is -2.64. The lowest BCUT2D eigenvalue weighted by Gasteiger charge is -2.41. The van der Waals surface area contributed by atoms with E-state index >= 15 is 0 Å². The van der Waals surface area contributed by atoms with E-state index in [0.29, 0.717) is 13.1 Å². The zero-order valence-electron chi connectivity index (χ0n) is 8.87. The number of benzene rings is 1. The van der Waals surface area contributed by atoms with Gasteiger partial charge in [-0.3, -0.25) is 4.79 Å². The Morgan fingerprint density at radius 2 is 2.18 bits per heavy atom. The van der Waals surface area contributed by atoms with Crippen LogP contribution in [-0.4, -0.2) is 29.8 Å². The number of ether oxygens (including phenoxy) is 1. The molecule has 2 rings (SSSR count). The van der Waals surface area contributed by atoms with E-state index in [1.807, 2.05) is 0 Å². The Balaban J connectivity index is 2.18. The molecule has 1 aliphatic heterocycles. The number of carbonyl (C=O) groups is 1. The standard InChI is InChI=1S/C11H11F2NO3/c12-7-2-1-3-8(10(7)13)17-11(4-9(15)16)5-14-6-11/h1-3,14H,4-6H2,(H,15,16). The summed E-state index contributed by atoms with van der Waals surface area (Å²) in [6.45, 7) is 0.602. The van der Waals surface area contributed by atoms with Crippen LogP contribution in [0.15, 0.2) is 18.2 Å². The Bertz CT molecular complexity index is 446. The molecule has 1 saturated heterocycles. The van der Waals surface area contributed by atoms with Crippen molar-refractivity contribution in [3.05, 3.63) is 29.8 Å². The Hall–Kier alpha value is -1.69. The summed E-state index contributed by atoms with van der Waals surface area (Å²) >= 11 is 0. The van der Waals surface area contributed by atoms with E-state index in [1.165, 1.54) is 12.1 Å². The normalized spacial score (nSPS) is 17.3. The molecule has 1 fully saturated rings. The molecule has 1 aromatic carbocycles. The van der Waals surface area contributed by atoms with Gasteiger partial charge < -0.3 is 15.2 Å². The van der Waals surface area contributed by atoms with Gasteiger partial charge in [0.05, 0.1) is 6.42 Å². The summed E-state index contributed by atoms with van der Waals surface area (Å²) in [4.78, 5) is 10.7. The third kappa shape index (κ3) is 2.36. The van der Waals surface area contributed by atoms with Crippen LogP contribution in [0.1, 0.15) is 6.42 Å². The highest BCUT2D eigenvalue weighted by Gasteiger charge is 2.42. The summed E-state index contributed by atoms with van der Waals surface area (Å²) < 4.78 is 31.6. The van der Waals surface area contributed by atoms with Gasteiger partial charge in [0, 0.05) is 13.1 Å². The van der Waals surface area contributed by atoms with Gasteiger partial charge in [-0.25, -0.2) is 4.39 Å². The van der Waals surface area contributed by atoms with Gasteiger partial charge in [0.2, 0.25) is 5.82 Å². The zero-order chi connectivity index (χ0) is 12.5. The van der Waals surface area contributed by atoms with Crippen LogP contribution in [0.3, 0.4) is 0 Å². The van der Waals surface area contributed by atoms with Gasteiger partial charge in [-0.05, 0) is 12.1 Å². The molecule has 4 nitrogen and oxygen atoms in total. The maximum atomic E-state index is 13.4. The van der Waals surface area contributed by atoms with E-state index in [-0.39, 0.29) is 12.2 Å². The molecule has 0 saturated carbocycles. The van der Waals surface area contributed by atoms with Gasteiger partial charge in [-0.15, -0.1) is 0 Å². The molecular formula is C11H11F2NO3. The van der Waals surface area contributed by atoms with Crippen molar-refractivity contribution >= 4 is 5.97 Å². The molecule has 0 radical (unpaired) electrons. The van der Waals surface area contributed by atoms with E-state index in [9.17, 15) is 13.6 Å². The lowest BCUT2D eigenvalue weighted by atomic mass is 9.92. The first-order valence-electron chi connectivity index (χ1n) is 5.08. The van der Waals surface area contributed by atoms with E-state index in [0.717, 1.165) is 6.07 Å². The van der Waals surface area contributed by atoms with Crippen molar-refractivity contribution < 1.29 is 23.4 Å². The topological polar surface area (TPSA) is 58.6 Å². The van der Waals surface area contributed by atoms with Gasteiger partial charge in [-0.2, -0.15) is 4.39 Å². The highest BCUT2D eigenvalue weighted by molar-refractivity contribution is 5.68. The number of rotatable bonds is 4. The van der Waals surface area contributed by atoms with E-state index in [4.69, 9.17) is 9.84 Å². The molecule has 0 unspecified atom stereocenters. The Labute approximate surface area is 96.2 Å². The van der Waals surface area contributed by atoms with Crippen LogP contribution >= 0.6 is 0 Å². The second-order valence-electron chi connectivity index (χ2n) is 4.01. The van der Waals surface area contributed by atoms with Crippen molar-refractivity contribution in [3.8, 4) is 5.75 Å². The van der Waals surface area contributed by atoms with Crippen LogP contribution in [0, 0.1) is 11.6 Å². The zero-order valence-corrected chi connectivity index (χ0v) is 8.87. The molecule has 2 N–H and O–H groups in total. The smallest absolute Gasteiger partial charge is 0.307 e. The monoisotopic (exact) mass is 243 g/mol. The maximum Gasteiger partial charge on any atom is 0.307 e. The second kappa shape index (κ2) is 4.29. The minimum atomic E-state index is -1.09. The summed E-state index contributed by atoms with van der Waals surface area (Å²) in [5.41, 5.74) is -0.986. The molecular weight excluding hydrogens is 232 g/mol. The van der Waals surface area contributed by atoms with Gasteiger partial charge in [-0.1, -0.05) is 6.07 Å². The van der Waals surface area contributed by atoms with Gasteiger partial charge in [0.1, 0.15) is 5.60 Å². The highest BCUT2D eigenvalue weighted by Crippen LogP contribution is 2.28. The first-order chi connectivity index (χ1) is 8.02. The highest BCUT2D eigenvalue weighted by atomic mass is 19.2. The van der Waals surface area contributed by atoms with Crippen molar-refractivity contribution in [2.45, 2.75) is 12.0 Å². The molecule has 0 aromatic heterocycles. The van der Waals surface area contributed by atoms with Crippen LogP contribution in [0.5, 0.6) is 5.75 Å². The molecule has 0 atom stereocenters. The fraction of sp³-hybridized carbons (Fsp3) is 0.364. The summed E-state index contributed by atoms with van der Waals surface area (Å²) in [6, 6.07) is 3.57. The average Bonchev–Trinajstić information content (AvgIpc) is 2.21. The summed E-state index contributed by atoms with van der Waals surface area (Å²) in [5, 5.41) is 11.6. The third-order valence-electron chi connectivity index (χ3n) is 2.61. The van der Waals surface area contributed by atoms with Gasteiger partial charge in [0.15, 0.2) is 11.6 Å². The van der Waals surface area contributed by atoms with Crippen molar-refractivity contribution in [3.63, 3.8) is 0 Å².